The Morgan fingerprint density at radius 3 is 2.69 bits per heavy atom. The number of carbonyl (C=O) groups excluding carboxylic acids is 1. The van der Waals surface area contributed by atoms with Gasteiger partial charge in [0.1, 0.15) is 0 Å². The number of hydrogen-bond donors (Lipinski definition) is 1. The summed E-state index contributed by atoms with van der Waals surface area (Å²) in [6, 6.07) is 9.36. The van der Waals surface area contributed by atoms with Gasteiger partial charge in [0.05, 0.1) is 0 Å². The van der Waals surface area contributed by atoms with Gasteiger partial charge in [0.2, 0.25) is 0 Å². The highest BCUT2D eigenvalue weighted by Gasteiger charge is 2.07. The lowest BCUT2D eigenvalue weighted by atomic mass is 9.99. The lowest BCUT2D eigenvalue weighted by Crippen LogP contribution is -2.25. The van der Waals surface area contributed by atoms with Crippen molar-refractivity contribution >= 4 is 5.91 Å². The summed E-state index contributed by atoms with van der Waals surface area (Å²) in [6.45, 7) is 0.702. The van der Waals surface area contributed by atoms with Gasteiger partial charge in [-0.2, -0.15) is 0 Å². The van der Waals surface area contributed by atoms with Gasteiger partial charge in [-0.05, 0) is 37.8 Å². The second-order valence-electron chi connectivity index (χ2n) is 4.16. The minimum absolute atomic E-state index is 0.0204. The molecule has 1 amide bonds. The van der Waals surface area contributed by atoms with Crippen molar-refractivity contribution in [3.8, 4) is 0 Å². The summed E-state index contributed by atoms with van der Waals surface area (Å²) in [5.74, 6) is 0.0204. The highest BCUT2D eigenvalue weighted by atomic mass is 16.1. The molecule has 0 fully saturated rings. The molecule has 0 saturated heterocycles. The molecule has 2 nitrogen and oxygen atoms in total. The van der Waals surface area contributed by atoms with Crippen LogP contribution in [0.1, 0.15) is 36.0 Å². The number of amides is 1. The first-order valence-corrected chi connectivity index (χ1v) is 5.87. The third-order valence-corrected chi connectivity index (χ3v) is 2.90. The van der Waals surface area contributed by atoms with Crippen LogP contribution in [0.3, 0.4) is 0 Å². The van der Waals surface area contributed by atoms with Gasteiger partial charge in [0, 0.05) is 12.1 Å². The molecule has 2 rings (SSSR count). The van der Waals surface area contributed by atoms with Crippen LogP contribution in [0.2, 0.25) is 0 Å². The molecule has 1 aliphatic carbocycles. The van der Waals surface area contributed by atoms with E-state index in [0.29, 0.717) is 6.54 Å². The van der Waals surface area contributed by atoms with Gasteiger partial charge in [0.15, 0.2) is 0 Å². The number of hydrogen-bond acceptors (Lipinski definition) is 1. The van der Waals surface area contributed by atoms with E-state index in [0.717, 1.165) is 18.4 Å². The number of rotatable bonds is 3. The van der Waals surface area contributed by atoms with E-state index < -0.39 is 0 Å². The van der Waals surface area contributed by atoms with Crippen LogP contribution in [0.5, 0.6) is 0 Å². The van der Waals surface area contributed by atoms with E-state index >= 15 is 0 Å². The van der Waals surface area contributed by atoms with E-state index in [4.69, 9.17) is 0 Å². The van der Waals surface area contributed by atoms with Gasteiger partial charge in [-0.1, -0.05) is 29.8 Å². The smallest absolute Gasteiger partial charge is 0.251 e. The zero-order valence-electron chi connectivity index (χ0n) is 9.41. The molecule has 0 radical (unpaired) electrons. The molecule has 1 aromatic rings. The summed E-state index contributed by atoms with van der Waals surface area (Å²) in [7, 11) is 0. The van der Waals surface area contributed by atoms with Crippen LogP contribution in [0.4, 0.5) is 0 Å². The molecule has 1 aliphatic rings. The van der Waals surface area contributed by atoms with Gasteiger partial charge in [-0.3, -0.25) is 4.79 Å². The maximum Gasteiger partial charge on any atom is 0.251 e. The van der Waals surface area contributed by atoms with Crippen molar-refractivity contribution in [3.63, 3.8) is 0 Å². The fourth-order valence-electron chi connectivity index (χ4n) is 1.95. The molecule has 0 bridgehead atoms. The molecule has 0 saturated carbocycles. The van der Waals surface area contributed by atoms with E-state index in [-0.39, 0.29) is 5.91 Å². The number of allylic oxidation sites excluding steroid dienone is 1. The van der Waals surface area contributed by atoms with E-state index in [2.05, 4.69) is 11.4 Å². The summed E-state index contributed by atoms with van der Waals surface area (Å²) in [4.78, 5) is 11.7. The highest BCUT2D eigenvalue weighted by molar-refractivity contribution is 5.94. The van der Waals surface area contributed by atoms with Gasteiger partial charge >= 0.3 is 0 Å². The molecular formula is C14H17NO. The Labute approximate surface area is 96.4 Å². The van der Waals surface area contributed by atoms with E-state index in [9.17, 15) is 4.79 Å². The summed E-state index contributed by atoms with van der Waals surface area (Å²) in [6.07, 6.45) is 7.10. The van der Waals surface area contributed by atoms with E-state index in [1.807, 2.05) is 30.3 Å². The number of carbonyl (C=O) groups is 1. The minimum Gasteiger partial charge on any atom is -0.348 e. The van der Waals surface area contributed by atoms with Crippen molar-refractivity contribution in [2.24, 2.45) is 0 Å². The fourth-order valence-corrected chi connectivity index (χ4v) is 1.95. The van der Waals surface area contributed by atoms with Crippen molar-refractivity contribution in [1.82, 2.24) is 5.32 Å². The largest absolute Gasteiger partial charge is 0.348 e. The summed E-state index contributed by atoms with van der Waals surface area (Å²) in [5, 5.41) is 2.96. The van der Waals surface area contributed by atoms with Crippen molar-refractivity contribution in [3.05, 3.63) is 47.5 Å². The van der Waals surface area contributed by atoms with E-state index in [1.54, 1.807) is 0 Å². The normalized spacial score (nSPS) is 15.4. The second kappa shape index (κ2) is 5.50. The molecule has 0 aliphatic heterocycles. The van der Waals surface area contributed by atoms with Crippen LogP contribution in [-0.2, 0) is 0 Å². The van der Waals surface area contributed by atoms with Crippen LogP contribution in [0, 0.1) is 0 Å². The van der Waals surface area contributed by atoms with Crippen LogP contribution >= 0.6 is 0 Å². The maximum atomic E-state index is 11.7. The lowest BCUT2D eigenvalue weighted by Gasteiger charge is -2.13. The molecule has 0 atom stereocenters. The van der Waals surface area contributed by atoms with Crippen molar-refractivity contribution < 1.29 is 4.79 Å². The third-order valence-electron chi connectivity index (χ3n) is 2.90. The molecule has 16 heavy (non-hydrogen) atoms. The Morgan fingerprint density at radius 2 is 2.00 bits per heavy atom. The first kappa shape index (κ1) is 10.9. The third kappa shape index (κ3) is 2.96. The average molecular weight is 215 g/mol. The monoisotopic (exact) mass is 215 g/mol. The van der Waals surface area contributed by atoms with Gasteiger partial charge < -0.3 is 5.32 Å². The van der Waals surface area contributed by atoms with Crippen LogP contribution in [0.15, 0.2) is 42.0 Å². The number of benzene rings is 1. The Hall–Kier alpha value is -1.57. The van der Waals surface area contributed by atoms with Gasteiger partial charge in [-0.15, -0.1) is 0 Å². The van der Waals surface area contributed by atoms with Crippen LogP contribution in [-0.4, -0.2) is 12.5 Å². The Morgan fingerprint density at radius 1 is 1.19 bits per heavy atom. The standard InChI is InChI=1S/C14H17NO/c16-14(13-9-5-2-6-10-13)15-11-12-7-3-1-4-8-12/h2,5-7,9-10H,1,3-4,8,11H2,(H,15,16). The van der Waals surface area contributed by atoms with Gasteiger partial charge in [0.25, 0.3) is 5.91 Å². The quantitative estimate of drug-likeness (QED) is 0.772. The van der Waals surface area contributed by atoms with Crippen molar-refractivity contribution in [2.75, 3.05) is 6.54 Å². The maximum absolute atomic E-state index is 11.7. The molecule has 2 heteroatoms. The highest BCUT2D eigenvalue weighted by Crippen LogP contribution is 2.16. The lowest BCUT2D eigenvalue weighted by molar-refractivity contribution is 0.0956. The summed E-state index contributed by atoms with van der Waals surface area (Å²) >= 11 is 0. The minimum atomic E-state index is 0.0204. The number of nitrogens with one attached hydrogen (secondary N) is 1. The molecule has 0 spiro atoms. The molecule has 84 valence electrons. The zero-order chi connectivity index (χ0) is 11.2. The van der Waals surface area contributed by atoms with Crippen LogP contribution in [0.25, 0.3) is 0 Å². The summed E-state index contributed by atoms with van der Waals surface area (Å²) in [5.41, 5.74) is 2.11. The molecule has 1 N–H and O–H groups in total. The molecule has 0 aromatic heterocycles. The summed E-state index contributed by atoms with van der Waals surface area (Å²) < 4.78 is 0. The molecule has 1 aromatic carbocycles. The Kier molecular flexibility index (Phi) is 3.76. The topological polar surface area (TPSA) is 29.1 Å². The predicted molar refractivity (Wildman–Crippen MR) is 65.3 cm³/mol. The van der Waals surface area contributed by atoms with Crippen LogP contribution < -0.4 is 5.32 Å². The SMILES string of the molecule is O=C(NCC1=CCCCC1)c1ccccc1. The Bertz CT molecular complexity index is 381. The Balaban J connectivity index is 1.86. The second-order valence-corrected chi connectivity index (χ2v) is 4.16. The fraction of sp³-hybridized carbons (Fsp3) is 0.357. The predicted octanol–water partition coefficient (Wildman–Crippen LogP) is 2.92. The molecule has 0 heterocycles. The first-order valence-electron chi connectivity index (χ1n) is 5.87. The van der Waals surface area contributed by atoms with E-state index in [1.165, 1.54) is 18.4 Å². The average Bonchev–Trinajstić information content (AvgIpc) is 2.38. The van der Waals surface area contributed by atoms with Crippen molar-refractivity contribution in [1.29, 1.82) is 0 Å². The first-order chi connectivity index (χ1) is 7.86. The van der Waals surface area contributed by atoms with Crippen molar-refractivity contribution in [2.45, 2.75) is 25.7 Å². The zero-order valence-corrected chi connectivity index (χ0v) is 9.41. The molecular weight excluding hydrogens is 198 g/mol. The van der Waals surface area contributed by atoms with Gasteiger partial charge in [-0.25, -0.2) is 0 Å². The molecule has 0 unspecified atom stereocenters.